The Labute approximate surface area is 152 Å². The second-order valence-corrected chi connectivity index (χ2v) is 7.61. The molecule has 1 aromatic carbocycles. The molecule has 0 radical (unpaired) electrons. The molecule has 3 rings (SSSR count). The van der Waals surface area contributed by atoms with E-state index in [4.69, 9.17) is 4.42 Å². The Kier molecular flexibility index (Phi) is 4.91. The number of thioether (sulfide) groups is 1. The summed E-state index contributed by atoms with van der Waals surface area (Å²) in [6.07, 6.45) is 1.63. The predicted molar refractivity (Wildman–Crippen MR) is 97.2 cm³/mol. The van der Waals surface area contributed by atoms with Crippen LogP contribution in [0.1, 0.15) is 23.0 Å². The quantitative estimate of drug-likeness (QED) is 0.461. The third-order valence-electron chi connectivity index (χ3n) is 3.71. The van der Waals surface area contributed by atoms with Crippen LogP contribution in [0, 0.1) is 6.92 Å². The molecule has 0 aliphatic heterocycles. The highest BCUT2D eigenvalue weighted by Crippen LogP contribution is 2.29. The van der Waals surface area contributed by atoms with Crippen molar-refractivity contribution in [2.24, 2.45) is 7.05 Å². The molecule has 0 bridgehead atoms. The molecule has 124 valence electrons. The van der Waals surface area contributed by atoms with Gasteiger partial charge in [-0.05, 0) is 32.0 Å². The third kappa shape index (κ3) is 3.32. The second kappa shape index (κ2) is 6.94. The number of carbonyl (C=O) groups excluding carboxylic acids is 1. The largest absolute Gasteiger partial charge is 0.469 e. The summed E-state index contributed by atoms with van der Waals surface area (Å²) in [5, 5.41) is 8.89. The Morgan fingerprint density at radius 1 is 1.25 bits per heavy atom. The zero-order valence-electron chi connectivity index (χ0n) is 13.5. The van der Waals surface area contributed by atoms with Crippen LogP contribution in [0.3, 0.4) is 0 Å². The van der Waals surface area contributed by atoms with E-state index in [2.05, 4.69) is 26.1 Å². The van der Waals surface area contributed by atoms with E-state index in [0.717, 1.165) is 21.6 Å². The second-order valence-electron chi connectivity index (χ2n) is 5.39. The summed E-state index contributed by atoms with van der Waals surface area (Å²) in [5.41, 5.74) is 1.59. The zero-order chi connectivity index (χ0) is 17.3. The molecule has 1 unspecified atom stereocenters. The number of furan rings is 1. The Hall–Kier alpha value is -1.86. The van der Waals surface area contributed by atoms with E-state index in [-0.39, 0.29) is 11.0 Å². The van der Waals surface area contributed by atoms with Crippen LogP contribution in [0.25, 0.3) is 11.4 Å². The lowest BCUT2D eigenvalue weighted by Gasteiger charge is -2.10. The van der Waals surface area contributed by atoms with Crippen molar-refractivity contribution in [2.75, 3.05) is 0 Å². The van der Waals surface area contributed by atoms with Gasteiger partial charge in [-0.1, -0.05) is 39.8 Å². The maximum absolute atomic E-state index is 12.6. The van der Waals surface area contributed by atoms with Crippen LogP contribution in [0.2, 0.25) is 0 Å². The van der Waals surface area contributed by atoms with Crippen molar-refractivity contribution in [1.82, 2.24) is 14.8 Å². The van der Waals surface area contributed by atoms with Crippen LogP contribution in [0.4, 0.5) is 0 Å². The molecular weight excluding hydrogens is 390 g/mol. The minimum Gasteiger partial charge on any atom is -0.469 e. The van der Waals surface area contributed by atoms with Crippen LogP contribution in [-0.2, 0) is 7.05 Å². The highest BCUT2D eigenvalue weighted by molar-refractivity contribution is 9.10. The molecule has 0 aliphatic rings. The van der Waals surface area contributed by atoms with Gasteiger partial charge in [-0.3, -0.25) is 4.79 Å². The predicted octanol–water partition coefficient (Wildman–Crippen LogP) is 4.51. The van der Waals surface area contributed by atoms with E-state index < -0.39 is 0 Å². The van der Waals surface area contributed by atoms with Gasteiger partial charge in [0.05, 0.1) is 17.1 Å². The van der Waals surface area contributed by atoms with Crippen molar-refractivity contribution in [1.29, 1.82) is 0 Å². The summed E-state index contributed by atoms with van der Waals surface area (Å²) in [4.78, 5) is 12.6. The summed E-state index contributed by atoms with van der Waals surface area (Å²) in [6, 6.07) is 9.24. The normalized spacial score (nSPS) is 12.3. The number of aryl methyl sites for hydroxylation is 1. The van der Waals surface area contributed by atoms with E-state index >= 15 is 0 Å². The fourth-order valence-electron chi connectivity index (χ4n) is 2.33. The van der Waals surface area contributed by atoms with Crippen LogP contribution >= 0.6 is 27.7 Å². The zero-order valence-corrected chi connectivity index (χ0v) is 15.9. The number of halogens is 1. The number of hydrogen-bond acceptors (Lipinski definition) is 5. The van der Waals surface area contributed by atoms with Crippen LogP contribution in [-0.4, -0.2) is 25.8 Å². The number of carbonyl (C=O) groups is 1. The molecule has 2 aromatic heterocycles. The standard InChI is InChI=1S/C17H16BrN3O2S/c1-10-14(8-9-23-10)16-19-20-17(21(16)3)24-11(2)15(22)12-4-6-13(18)7-5-12/h4-9,11H,1-3H3. The molecule has 0 saturated heterocycles. The van der Waals surface area contributed by atoms with Gasteiger partial charge in [0.2, 0.25) is 0 Å². The first-order valence-electron chi connectivity index (χ1n) is 7.37. The minimum absolute atomic E-state index is 0.0662. The van der Waals surface area contributed by atoms with Gasteiger partial charge < -0.3 is 8.98 Å². The molecule has 0 amide bonds. The average molecular weight is 406 g/mol. The van der Waals surface area contributed by atoms with Gasteiger partial charge >= 0.3 is 0 Å². The molecule has 0 aliphatic carbocycles. The molecule has 5 nitrogen and oxygen atoms in total. The molecule has 0 fully saturated rings. The Morgan fingerprint density at radius 3 is 2.58 bits per heavy atom. The fourth-order valence-corrected chi connectivity index (χ4v) is 3.49. The summed E-state index contributed by atoms with van der Waals surface area (Å²) in [7, 11) is 1.89. The van der Waals surface area contributed by atoms with Gasteiger partial charge in [0, 0.05) is 17.1 Å². The highest BCUT2D eigenvalue weighted by Gasteiger charge is 2.21. The molecule has 1 atom stereocenters. The maximum Gasteiger partial charge on any atom is 0.191 e. The number of ketones is 1. The van der Waals surface area contributed by atoms with E-state index in [1.165, 1.54) is 11.8 Å². The van der Waals surface area contributed by atoms with Crippen molar-refractivity contribution in [3.63, 3.8) is 0 Å². The molecule has 7 heteroatoms. The number of Topliss-reactive ketones (excluding diaryl/α,β-unsaturated/α-hetero) is 1. The molecule has 24 heavy (non-hydrogen) atoms. The lowest BCUT2D eigenvalue weighted by atomic mass is 10.1. The third-order valence-corrected chi connectivity index (χ3v) is 5.38. The highest BCUT2D eigenvalue weighted by atomic mass is 79.9. The smallest absolute Gasteiger partial charge is 0.191 e. The molecule has 0 N–H and O–H groups in total. The first-order valence-corrected chi connectivity index (χ1v) is 9.05. The van der Waals surface area contributed by atoms with E-state index in [0.29, 0.717) is 10.7 Å². The van der Waals surface area contributed by atoms with Crippen LogP contribution < -0.4 is 0 Å². The van der Waals surface area contributed by atoms with Crippen LogP contribution in [0.15, 0.2) is 50.6 Å². The van der Waals surface area contributed by atoms with Crippen molar-refractivity contribution in [2.45, 2.75) is 24.3 Å². The first-order chi connectivity index (χ1) is 11.5. The number of aromatic nitrogens is 3. The Morgan fingerprint density at radius 2 is 1.96 bits per heavy atom. The molecule has 2 heterocycles. The van der Waals surface area contributed by atoms with Crippen molar-refractivity contribution in [3.05, 3.63) is 52.4 Å². The number of benzene rings is 1. The van der Waals surface area contributed by atoms with Crippen molar-refractivity contribution < 1.29 is 9.21 Å². The summed E-state index contributed by atoms with van der Waals surface area (Å²) >= 11 is 4.78. The summed E-state index contributed by atoms with van der Waals surface area (Å²) < 4.78 is 8.16. The Bertz CT molecular complexity index is 870. The van der Waals surface area contributed by atoms with Gasteiger partial charge in [0.25, 0.3) is 0 Å². The Balaban J connectivity index is 1.79. The van der Waals surface area contributed by atoms with E-state index in [9.17, 15) is 4.79 Å². The molecular formula is C17H16BrN3O2S. The summed E-state index contributed by atoms with van der Waals surface area (Å²) in [5.74, 6) is 1.59. The van der Waals surface area contributed by atoms with Crippen molar-refractivity contribution >= 4 is 33.5 Å². The van der Waals surface area contributed by atoms with Gasteiger partial charge in [-0.2, -0.15) is 0 Å². The van der Waals surface area contributed by atoms with Crippen LogP contribution in [0.5, 0.6) is 0 Å². The van der Waals surface area contributed by atoms with E-state index in [1.807, 2.05) is 55.8 Å². The van der Waals surface area contributed by atoms with Gasteiger partial charge in [0.1, 0.15) is 5.76 Å². The van der Waals surface area contributed by atoms with Crippen molar-refractivity contribution in [3.8, 4) is 11.4 Å². The topological polar surface area (TPSA) is 60.9 Å². The number of nitrogens with zero attached hydrogens (tertiary/aromatic N) is 3. The average Bonchev–Trinajstić information content (AvgIpc) is 3.14. The summed E-state index contributed by atoms with van der Waals surface area (Å²) in [6.45, 7) is 3.77. The first kappa shape index (κ1) is 17.0. The van der Waals surface area contributed by atoms with Gasteiger partial charge in [-0.15, -0.1) is 10.2 Å². The van der Waals surface area contributed by atoms with E-state index in [1.54, 1.807) is 6.26 Å². The lowest BCUT2D eigenvalue weighted by Crippen LogP contribution is -2.14. The SMILES string of the molecule is Cc1occc1-c1nnc(SC(C)C(=O)c2ccc(Br)cc2)n1C. The minimum atomic E-state index is -0.257. The fraction of sp³-hybridized carbons (Fsp3) is 0.235. The number of rotatable bonds is 5. The van der Waals surface area contributed by atoms with Gasteiger partial charge in [-0.25, -0.2) is 0 Å². The molecule has 0 spiro atoms. The lowest BCUT2D eigenvalue weighted by molar-refractivity contribution is 0.0994. The molecule has 3 aromatic rings. The maximum atomic E-state index is 12.6. The molecule has 0 saturated carbocycles. The van der Waals surface area contributed by atoms with Gasteiger partial charge in [0.15, 0.2) is 16.8 Å². The number of hydrogen-bond donors (Lipinski definition) is 0. The monoisotopic (exact) mass is 405 g/mol.